The van der Waals surface area contributed by atoms with E-state index in [1.54, 1.807) is 0 Å². The highest BCUT2D eigenvalue weighted by atomic mass is 16.2. The molecule has 6 nitrogen and oxygen atoms in total. The Morgan fingerprint density at radius 2 is 2.00 bits per heavy atom. The number of para-hydroxylation sites is 3. The lowest BCUT2D eigenvalue weighted by atomic mass is 9.96. The van der Waals surface area contributed by atoms with Gasteiger partial charge in [0.05, 0.1) is 17.0 Å². The molecule has 28 heavy (non-hydrogen) atoms. The van der Waals surface area contributed by atoms with Crippen LogP contribution in [0.2, 0.25) is 0 Å². The largest absolute Gasteiger partial charge is 0.351 e. The Bertz CT molecular complexity index is 1060. The lowest BCUT2D eigenvalue weighted by molar-refractivity contribution is -0.120. The third-order valence-electron chi connectivity index (χ3n) is 5.33. The van der Waals surface area contributed by atoms with E-state index >= 15 is 0 Å². The molecule has 1 saturated heterocycles. The summed E-state index contributed by atoms with van der Waals surface area (Å²) < 4.78 is 0. The van der Waals surface area contributed by atoms with Crippen molar-refractivity contribution in [3.8, 4) is 0 Å². The molecule has 1 fully saturated rings. The van der Waals surface area contributed by atoms with Crippen molar-refractivity contribution in [2.75, 3.05) is 23.3 Å². The van der Waals surface area contributed by atoms with Gasteiger partial charge < -0.3 is 15.2 Å². The fourth-order valence-electron chi connectivity index (χ4n) is 3.80. The highest BCUT2D eigenvalue weighted by Crippen LogP contribution is 2.23. The molecule has 1 aliphatic rings. The first-order valence-corrected chi connectivity index (χ1v) is 9.78. The number of benzene rings is 2. The van der Waals surface area contributed by atoms with Gasteiger partial charge in [0.25, 0.3) is 5.56 Å². The van der Waals surface area contributed by atoms with E-state index in [1.165, 1.54) is 0 Å². The molecule has 3 aromatic rings. The number of anilines is 2. The van der Waals surface area contributed by atoms with Crippen LogP contribution < -0.4 is 15.8 Å². The zero-order chi connectivity index (χ0) is 19.5. The SMILES string of the molecule is CCc1ccccc1NC(=O)[C@@H]1CCCN(c2nc3ccccc3[nH]c2=O)C1. The highest BCUT2D eigenvalue weighted by Gasteiger charge is 2.28. The van der Waals surface area contributed by atoms with Crippen LogP contribution in [0.5, 0.6) is 0 Å². The van der Waals surface area contributed by atoms with Gasteiger partial charge in [0, 0.05) is 18.8 Å². The maximum absolute atomic E-state index is 12.9. The first-order chi connectivity index (χ1) is 13.7. The minimum atomic E-state index is -0.212. The molecular weight excluding hydrogens is 352 g/mol. The molecule has 0 bridgehead atoms. The first kappa shape index (κ1) is 18.2. The predicted octanol–water partition coefficient (Wildman–Crippen LogP) is 3.34. The number of rotatable bonds is 4. The number of hydrogen-bond donors (Lipinski definition) is 2. The van der Waals surface area contributed by atoms with Gasteiger partial charge in [-0.1, -0.05) is 37.3 Å². The number of aryl methyl sites for hydroxylation is 1. The number of hydrogen-bond acceptors (Lipinski definition) is 4. The fourth-order valence-corrected chi connectivity index (χ4v) is 3.80. The van der Waals surface area contributed by atoms with Crippen molar-refractivity contribution in [2.24, 2.45) is 5.92 Å². The number of amides is 1. The van der Waals surface area contributed by atoms with Gasteiger partial charge in [-0.25, -0.2) is 4.98 Å². The Kier molecular flexibility index (Phi) is 5.10. The van der Waals surface area contributed by atoms with Crippen molar-refractivity contribution >= 4 is 28.4 Å². The number of fused-ring (bicyclic) bond motifs is 1. The quantitative estimate of drug-likeness (QED) is 0.732. The summed E-state index contributed by atoms with van der Waals surface area (Å²) in [5.41, 5.74) is 3.25. The minimum Gasteiger partial charge on any atom is -0.351 e. The monoisotopic (exact) mass is 376 g/mol. The van der Waals surface area contributed by atoms with Crippen molar-refractivity contribution in [3.63, 3.8) is 0 Å². The van der Waals surface area contributed by atoms with E-state index in [2.05, 4.69) is 22.2 Å². The molecule has 1 atom stereocenters. The molecule has 0 spiro atoms. The fraction of sp³-hybridized carbons (Fsp3) is 0.318. The second kappa shape index (κ2) is 7.84. The average Bonchev–Trinajstić information content (AvgIpc) is 2.73. The predicted molar refractivity (Wildman–Crippen MR) is 112 cm³/mol. The van der Waals surface area contributed by atoms with Crippen LogP contribution in [0.4, 0.5) is 11.5 Å². The number of aromatic nitrogens is 2. The summed E-state index contributed by atoms with van der Waals surface area (Å²) in [5.74, 6) is 0.222. The third kappa shape index (κ3) is 3.63. The normalized spacial score (nSPS) is 16.9. The smallest absolute Gasteiger partial charge is 0.291 e. The summed E-state index contributed by atoms with van der Waals surface area (Å²) in [6.45, 7) is 3.29. The van der Waals surface area contributed by atoms with E-state index < -0.39 is 0 Å². The van der Waals surface area contributed by atoms with Crippen LogP contribution >= 0.6 is 0 Å². The van der Waals surface area contributed by atoms with Crippen LogP contribution in [0.15, 0.2) is 53.3 Å². The molecule has 1 aromatic heterocycles. The van der Waals surface area contributed by atoms with Crippen LogP contribution in [0, 0.1) is 5.92 Å². The zero-order valence-corrected chi connectivity index (χ0v) is 15.9. The Morgan fingerprint density at radius 1 is 1.21 bits per heavy atom. The van der Waals surface area contributed by atoms with Crippen molar-refractivity contribution in [1.29, 1.82) is 0 Å². The summed E-state index contributed by atoms with van der Waals surface area (Å²) in [6, 6.07) is 15.4. The Balaban J connectivity index is 1.54. The highest BCUT2D eigenvalue weighted by molar-refractivity contribution is 5.93. The summed E-state index contributed by atoms with van der Waals surface area (Å²) in [6.07, 6.45) is 2.52. The van der Waals surface area contributed by atoms with Gasteiger partial charge in [-0.05, 0) is 43.0 Å². The number of piperidine rings is 1. The maximum atomic E-state index is 12.9. The van der Waals surface area contributed by atoms with Gasteiger partial charge in [-0.3, -0.25) is 9.59 Å². The molecule has 2 N–H and O–H groups in total. The van der Waals surface area contributed by atoms with Crippen LogP contribution in [0.25, 0.3) is 11.0 Å². The van der Waals surface area contributed by atoms with Gasteiger partial charge in [-0.2, -0.15) is 0 Å². The van der Waals surface area contributed by atoms with Crippen molar-refractivity contribution < 1.29 is 4.79 Å². The van der Waals surface area contributed by atoms with E-state index in [0.717, 1.165) is 48.1 Å². The van der Waals surface area contributed by atoms with Gasteiger partial charge in [0.2, 0.25) is 5.91 Å². The molecule has 0 aliphatic carbocycles. The van der Waals surface area contributed by atoms with Crippen LogP contribution in [-0.4, -0.2) is 29.0 Å². The molecule has 2 heterocycles. The molecule has 6 heteroatoms. The number of nitrogens with zero attached hydrogens (tertiary/aromatic N) is 2. The Labute approximate surface area is 163 Å². The van der Waals surface area contributed by atoms with Crippen molar-refractivity contribution in [1.82, 2.24) is 9.97 Å². The van der Waals surface area contributed by atoms with Gasteiger partial charge >= 0.3 is 0 Å². The molecule has 0 unspecified atom stereocenters. The Hall–Kier alpha value is -3.15. The lowest BCUT2D eigenvalue weighted by Gasteiger charge is -2.32. The van der Waals surface area contributed by atoms with Gasteiger partial charge in [0.15, 0.2) is 5.82 Å². The number of carbonyl (C=O) groups excluding carboxylic acids is 1. The lowest BCUT2D eigenvalue weighted by Crippen LogP contribution is -2.43. The molecular formula is C22H24N4O2. The van der Waals surface area contributed by atoms with Crippen LogP contribution in [-0.2, 0) is 11.2 Å². The van der Waals surface area contributed by atoms with E-state index in [1.807, 2.05) is 53.4 Å². The first-order valence-electron chi connectivity index (χ1n) is 9.78. The summed E-state index contributed by atoms with van der Waals surface area (Å²) in [4.78, 5) is 34.8. The molecule has 1 amide bonds. The minimum absolute atomic E-state index is 0.00261. The van der Waals surface area contributed by atoms with Crippen molar-refractivity contribution in [3.05, 3.63) is 64.4 Å². The topological polar surface area (TPSA) is 78.1 Å². The third-order valence-corrected chi connectivity index (χ3v) is 5.33. The summed E-state index contributed by atoms with van der Waals surface area (Å²) >= 11 is 0. The molecule has 2 aromatic carbocycles. The van der Waals surface area contributed by atoms with E-state index in [9.17, 15) is 9.59 Å². The van der Waals surface area contributed by atoms with Crippen LogP contribution in [0.3, 0.4) is 0 Å². The molecule has 144 valence electrons. The second-order valence-electron chi connectivity index (χ2n) is 7.19. The zero-order valence-electron chi connectivity index (χ0n) is 15.9. The number of aromatic amines is 1. The average molecular weight is 376 g/mol. The summed E-state index contributed by atoms with van der Waals surface area (Å²) in [5, 5.41) is 3.08. The molecule has 4 rings (SSSR count). The van der Waals surface area contributed by atoms with E-state index in [4.69, 9.17) is 0 Å². The molecule has 0 saturated carbocycles. The van der Waals surface area contributed by atoms with Gasteiger partial charge in [0.1, 0.15) is 0 Å². The standard InChI is InChI=1S/C22H24N4O2/c1-2-15-8-3-4-10-17(15)24-21(27)16-9-7-13-26(14-16)20-22(28)25-19-12-6-5-11-18(19)23-20/h3-6,8,10-12,16H,2,7,9,13-14H2,1H3,(H,24,27)(H,25,28)/t16-/m1/s1. The molecule has 0 radical (unpaired) electrons. The molecule has 1 aliphatic heterocycles. The van der Waals surface area contributed by atoms with E-state index in [-0.39, 0.29) is 17.4 Å². The van der Waals surface area contributed by atoms with Gasteiger partial charge in [-0.15, -0.1) is 0 Å². The maximum Gasteiger partial charge on any atom is 0.291 e. The second-order valence-corrected chi connectivity index (χ2v) is 7.19. The van der Waals surface area contributed by atoms with E-state index in [0.29, 0.717) is 12.4 Å². The number of carbonyl (C=O) groups is 1. The summed E-state index contributed by atoms with van der Waals surface area (Å²) in [7, 11) is 0. The van der Waals surface area contributed by atoms with Crippen molar-refractivity contribution in [2.45, 2.75) is 26.2 Å². The van der Waals surface area contributed by atoms with Crippen LogP contribution in [0.1, 0.15) is 25.3 Å². The number of H-pyrrole nitrogens is 1. The number of nitrogens with one attached hydrogen (secondary N) is 2. The Morgan fingerprint density at radius 3 is 2.86 bits per heavy atom.